The number of fused-ring (bicyclic) bond motifs is 3. The van der Waals surface area contributed by atoms with E-state index in [1.165, 1.54) is 6.42 Å². The van der Waals surface area contributed by atoms with Crippen LogP contribution in [-0.4, -0.2) is 39.8 Å². The van der Waals surface area contributed by atoms with Crippen LogP contribution in [0.2, 0.25) is 0 Å². The molecule has 3 fully saturated rings. The van der Waals surface area contributed by atoms with Crippen molar-refractivity contribution in [2.24, 2.45) is 0 Å². The molecule has 6 heterocycles. The van der Waals surface area contributed by atoms with Gasteiger partial charge in [-0.05, 0) is 40.5 Å². The minimum absolute atomic E-state index is 0. The smallest absolute Gasteiger partial charge is 0.128 e. The van der Waals surface area contributed by atoms with E-state index in [2.05, 4.69) is 54.4 Å². The molecule has 1 N–H and O–H groups in total. The first-order chi connectivity index (χ1) is 12.2. The summed E-state index contributed by atoms with van der Waals surface area (Å²) in [5, 5.41) is 17.2. The number of hydrogen-bond donors (Lipinski definition) is 1. The number of pyridine rings is 2. The molecular formula is C18H16BrClN6. The number of nitrogens with zero attached hydrogens (tertiary/aromatic N) is 5. The van der Waals surface area contributed by atoms with Crippen LogP contribution in [0.3, 0.4) is 0 Å². The van der Waals surface area contributed by atoms with Crippen molar-refractivity contribution in [3.05, 3.63) is 46.8 Å². The quantitative estimate of drug-likeness (QED) is 0.675. The summed E-state index contributed by atoms with van der Waals surface area (Å²) in [5.74, 6) is 1.01. The summed E-state index contributed by atoms with van der Waals surface area (Å²) in [7, 11) is 0. The van der Waals surface area contributed by atoms with E-state index in [0.29, 0.717) is 17.6 Å². The van der Waals surface area contributed by atoms with E-state index in [-0.39, 0.29) is 12.4 Å². The molecule has 0 radical (unpaired) electrons. The maximum absolute atomic E-state index is 9.37. The lowest BCUT2D eigenvalue weighted by Crippen LogP contribution is -2.67. The van der Waals surface area contributed by atoms with Crippen molar-refractivity contribution in [2.75, 3.05) is 18.0 Å². The lowest BCUT2D eigenvalue weighted by Gasteiger charge is -2.48. The van der Waals surface area contributed by atoms with Crippen LogP contribution in [0.25, 0.3) is 16.6 Å². The van der Waals surface area contributed by atoms with Gasteiger partial charge in [-0.25, -0.2) is 9.50 Å². The highest BCUT2D eigenvalue weighted by atomic mass is 79.9. The summed E-state index contributed by atoms with van der Waals surface area (Å²) in [6.45, 7) is 2.04. The second-order valence-electron chi connectivity index (χ2n) is 6.64. The lowest BCUT2D eigenvalue weighted by molar-refractivity contribution is 0.225. The first-order valence-corrected chi connectivity index (χ1v) is 9.05. The van der Waals surface area contributed by atoms with Crippen molar-refractivity contribution in [2.45, 2.75) is 18.5 Å². The molecule has 0 spiro atoms. The summed E-state index contributed by atoms with van der Waals surface area (Å²) in [5.41, 5.74) is 3.30. The van der Waals surface area contributed by atoms with Gasteiger partial charge in [0, 0.05) is 53.2 Å². The van der Waals surface area contributed by atoms with E-state index in [9.17, 15) is 5.26 Å². The molecule has 3 aromatic heterocycles. The molecule has 26 heavy (non-hydrogen) atoms. The number of nitrogens with one attached hydrogen (secondary N) is 1. The molecule has 3 aromatic rings. The fourth-order valence-electron chi connectivity index (χ4n) is 3.82. The summed E-state index contributed by atoms with van der Waals surface area (Å²) >= 11 is 3.52. The van der Waals surface area contributed by atoms with Gasteiger partial charge in [-0.1, -0.05) is 0 Å². The van der Waals surface area contributed by atoms with E-state index < -0.39 is 0 Å². The van der Waals surface area contributed by atoms with E-state index in [1.807, 2.05) is 18.5 Å². The highest BCUT2D eigenvalue weighted by Gasteiger charge is 2.36. The largest absolute Gasteiger partial charge is 0.353 e. The predicted octanol–water partition coefficient (Wildman–Crippen LogP) is 3.00. The van der Waals surface area contributed by atoms with Gasteiger partial charge in [-0.15, -0.1) is 12.4 Å². The van der Waals surface area contributed by atoms with Crippen molar-refractivity contribution in [3.8, 4) is 17.2 Å². The number of rotatable bonds is 2. The third-order valence-corrected chi connectivity index (χ3v) is 5.44. The average molecular weight is 432 g/mol. The number of piperazine rings is 1. The van der Waals surface area contributed by atoms with Gasteiger partial charge in [-0.3, -0.25) is 0 Å². The Bertz CT molecular complexity index is 993. The first kappa shape index (κ1) is 17.3. The zero-order chi connectivity index (χ0) is 17.0. The Hall–Kier alpha value is -2.14. The molecule has 3 aliphatic heterocycles. The molecule has 2 bridgehead atoms. The van der Waals surface area contributed by atoms with E-state index in [1.54, 1.807) is 10.7 Å². The molecule has 2 atom stereocenters. The molecule has 0 saturated carbocycles. The molecule has 6 nitrogen and oxygen atoms in total. The number of halogens is 2. The van der Waals surface area contributed by atoms with Crippen molar-refractivity contribution < 1.29 is 0 Å². The fourth-order valence-corrected chi connectivity index (χ4v) is 4.25. The normalized spacial score (nSPS) is 21.0. The average Bonchev–Trinajstić information content (AvgIpc) is 3.03. The summed E-state index contributed by atoms with van der Waals surface area (Å²) in [4.78, 5) is 7.02. The third-order valence-electron chi connectivity index (χ3n) is 5.00. The Labute approximate surface area is 165 Å². The SMILES string of the molecule is Cl.N#Cc1cnn2cc(Br)cc(-c3ccc(N4CC5CC(C4)N5)nc3)c12. The van der Waals surface area contributed by atoms with Crippen molar-refractivity contribution in [3.63, 3.8) is 0 Å². The lowest BCUT2D eigenvalue weighted by atomic mass is 9.91. The van der Waals surface area contributed by atoms with Crippen LogP contribution >= 0.6 is 28.3 Å². The first-order valence-electron chi connectivity index (χ1n) is 8.25. The zero-order valence-electron chi connectivity index (χ0n) is 13.8. The molecule has 6 rings (SSSR count). The van der Waals surface area contributed by atoms with Crippen LogP contribution in [0, 0.1) is 11.3 Å². The van der Waals surface area contributed by atoms with E-state index in [4.69, 9.17) is 0 Å². The minimum atomic E-state index is 0. The summed E-state index contributed by atoms with van der Waals surface area (Å²) in [6.07, 6.45) is 6.62. The Kier molecular flexibility index (Phi) is 4.35. The minimum Gasteiger partial charge on any atom is -0.353 e. The van der Waals surface area contributed by atoms with Gasteiger partial charge in [0.25, 0.3) is 0 Å². The van der Waals surface area contributed by atoms with Crippen molar-refractivity contribution in [1.29, 1.82) is 5.26 Å². The molecule has 3 aliphatic rings. The van der Waals surface area contributed by atoms with Crippen LogP contribution in [0.5, 0.6) is 0 Å². The summed E-state index contributed by atoms with van der Waals surface area (Å²) in [6, 6.07) is 9.58. The standard InChI is InChI=1S/C18H15BrN6.ClH/c19-13-3-16(18-12(5-20)7-22-25(18)8-13)11-1-2-17(21-6-11)24-9-14-4-15(10-24)23-14;/h1-3,6-8,14-15,23H,4,9-10H2;1H. The summed E-state index contributed by atoms with van der Waals surface area (Å²) < 4.78 is 2.64. The molecule has 8 heteroatoms. The Morgan fingerprint density at radius 3 is 2.65 bits per heavy atom. The number of piperidine rings is 1. The topological polar surface area (TPSA) is 69.2 Å². The monoisotopic (exact) mass is 430 g/mol. The Morgan fingerprint density at radius 1 is 1.23 bits per heavy atom. The second kappa shape index (κ2) is 6.54. The number of hydrogen-bond acceptors (Lipinski definition) is 5. The van der Waals surface area contributed by atoms with Gasteiger partial charge in [0.2, 0.25) is 0 Å². The van der Waals surface area contributed by atoms with Crippen molar-refractivity contribution >= 4 is 39.7 Å². The van der Waals surface area contributed by atoms with Crippen LogP contribution in [0.4, 0.5) is 5.82 Å². The maximum atomic E-state index is 9.37. The highest BCUT2D eigenvalue weighted by Crippen LogP contribution is 2.31. The molecule has 132 valence electrons. The zero-order valence-corrected chi connectivity index (χ0v) is 16.2. The number of nitriles is 1. The second-order valence-corrected chi connectivity index (χ2v) is 7.56. The Morgan fingerprint density at radius 2 is 2.00 bits per heavy atom. The molecule has 0 aliphatic carbocycles. The fraction of sp³-hybridized carbons (Fsp3) is 0.278. The molecule has 0 amide bonds. The maximum Gasteiger partial charge on any atom is 0.128 e. The molecular weight excluding hydrogens is 416 g/mol. The van der Waals surface area contributed by atoms with Gasteiger partial charge in [-0.2, -0.15) is 10.4 Å². The number of aromatic nitrogens is 3. The van der Waals surface area contributed by atoms with Gasteiger partial charge in [0.15, 0.2) is 0 Å². The van der Waals surface area contributed by atoms with E-state index >= 15 is 0 Å². The van der Waals surface area contributed by atoms with Crippen LogP contribution < -0.4 is 10.2 Å². The van der Waals surface area contributed by atoms with Gasteiger partial charge >= 0.3 is 0 Å². The van der Waals surface area contributed by atoms with Gasteiger partial charge in [0.1, 0.15) is 11.9 Å². The predicted molar refractivity (Wildman–Crippen MR) is 106 cm³/mol. The van der Waals surface area contributed by atoms with Gasteiger partial charge < -0.3 is 10.2 Å². The molecule has 2 unspecified atom stereocenters. The Balaban J connectivity index is 0.00000168. The molecule has 3 saturated heterocycles. The molecule has 0 aromatic carbocycles. The number of anilines is 1. The van der Waals surface area contributed by atoms with Crippen LogP contribution in [0.15, 0.2) is 41.3 Å². The third kappa shape index (κ3) is 2.75. The van der Waals surface area contributed by atoms with Gasteiger partial charge in [0.05, 0.1) is 17.3 Å². The van der Waals surface area contributed by atoms with Crippen LogP contribution in [0.1, 0.15) is 12.0 Å². The highest BCUT2D eigenvalue weighted by molar-refractivity contribution is 9.10. The van der Waals surface area contributed by atoms with Crippen LogP contribution in [-0.2, 0) is 0 Å². The van der Waals surface area contributed by atoms with Crippen molar-refractivity contribution in [1.82, 2.24) is 19.9 Å². The van der Waals surface area contributed by atoms with E-state index in [0.717, 1.165) is 40.0 Å².